The molecule has 0 fully saturated rings. The van der Waals surface area contributed by atoms with Gasteiger partial charge in [-0.25, -0.2) is 0 Å². The highest BCUT2D eigenvalue weighted by atomic mass is 35.5. The van der Waals surface area contributed by atoms with E-state index in [1.807, 2.05) is 6.92 Å². The molecule has 0 amide bonds. The summed E-state index contributed by atoms with van der Waals surface area (Å²) in [7, 11) is 0. The number of rotatable bonds is 1. The van der Waals surface area contributed by atoms with E-state index in [1.54, 1.807) is 13.0 Å². The van der Waals surface area contributed by atoms with E-state index in [1.165, 1.54) is 0 Å². The fourth-order valence-corrected chi connectivity index (χ4v) is 1.24. The van der Waals surface area contributed by atoms with Gasteiger partial charge in [0.15, 0.2) is 0 Å². The third-order valence-corrected chi connectivity index (χ3v) is 1.94. The summed E-state index contributed by atoms with van der Waals surface area (Å²) < 4.78 is 0. The highest BCUT2D eigenvalue weighted by Gasteiger charge is 2.00. The third-order valence-electron chi connectivity index (χ3n) is 1.61. The Morgan fingerprint density at radius 3 is 2.82 bits per heavy atom. The Morgan fingerprint density at radius 1 is 1.64 bits per heavy atom. The van der Waals surface area contributed by atoms with Crippen molar-refractivity contribution >= 4 is 11.6 Å². The topological polar surface area (TPSA) is 32.9 Å². The number of aromatic nitrogens is 1. The Bertz CT molecular complexity index is 316. The summed E-state index contributed by atoms with van der Waals surface area (Å²) in [5, 5.41) is 0.643. The van der Waals surface area contributed by atoms with E-state index in [0.29, 0.717) is 10.6 Å². The van der Waals surface area contributed by atoms with Crippen LogP contribution in [-0.4, -0.2) is 4.98 Å². The number of aromatic amines is 1. The summed E-state index contributed by atoms with van der Waals surface area (Å²) in [4.78, 5) is 13.7. The Hall–Kier alpha value is -0.760. The number of aryl methyl sites for hydroxylation is 2. The van der Waals surface area contributed by atoms with Crippen molar-refractivity contribution in [1.82, 2.24) is 4.98 Å². The number of hydrogen-bond acceptors (Lipinski definition) is 1. The van der Waals surface area contributed by atoms with Gasteiger partial charge in [-0.05, 0) is 19.4 Å². The molecule has 2 nitrogen and oxygen atoms in total. The molecule has 1 N–H and O–H groups in total. The van der Waals surface area contributed by atoms with Crippen LogP contribution in [-0.2, 0) is 6.42 Å². The number of hydrogen-bond donors (Lipinski definition) is 1. The third kappa shape index (κ3) is 1.63. The fourth-order valence-electron chi connectivity index (χ4n) is 0.895. The van der Waals surface area contributed by atoms with Gasteiger partial charge >= 0.3 is 0 Å². The first-order chi connectivity index (χ1) is 5.15. The van der Waals surface area contributed by atoms with E-state index in [2.05, 4.69) is 4.98 Å². The standard InChI is InChI=1S/C8H10ClNO/c1-3-7-6(9)4-5(2)8(11)10-7/h4H,3H2,1-2H3,(H,10,11). The summed E-state index contributed by atoms with van der Waals surface area (Å²) in [6.45, 7) is 3.69. The van der Waals surface area contributed by atoms with Gasteiger partial charge in [0, 0.05) is 11.3 Å². The van der Waals surface area contributed by atoms with Crippen LogP contribution in [0, 0.1) is 6.92 Å². The minimum atomic E-state index is -0.0498. The van der Waals surface area contributed by atoms with Gasteiger partial charge in [0.1, 0.15) is 0 Å². The number of pyridine rings is 1. The van der Waals surface area contributed by atoms with Crippen molar-refractivity contribution in [2.75, 3.05) is 0 Å². The lowest BCUT2D eigenvalue weighted by Gasteiger charge is -2.00. The van der Waals surface area contributed by atoms with Gasteiger partial charge in [0.25, 0.3) is 5.56 Å². The molecule has 0 saturated carbocycles. The zero-order valence-corrected chi connectivity index (χ0v) is 7.33. The molecule has 1 aromatic heterocycles. The molecule has 1 aromatic rings. The average Bonchev–Trinajstić information content (AvgIpc) is 1.97. The van der Waals surface area contributed by atoms with E-state index in [-0.39, 0.29) is 5.56 Å². The monoisotopic (exact) mass is 171 g/mol. The molecule has 0 aliphatic rings. The Kier molecular flexibility index (Phi) is 2.35. The van der Waals surface area contributed by atoms with Gasteiger partial charge in [-0.1, -0.05) is 18.5 Å². The van der Waals surface area contributed by atoms with Gasteiger partial charge in [-0.15, -0.1) is 0 Å². The van der Waals surface area contributed by atoms with Crippen molar-refractivity contribution in [2.45, 2.75) is 20.3 Å². The molecular formula is C8H10ClNO. The van der Waals surface area contributed by atoms with Crippen molar-refractivity contribution < 1.29 is 0 Å². The molecule has 11 heavy (non-hydrogen) atoms. The van der Waals surface area contributed by atoms with Crippen LogP contribution < -0.4 is 5.56 Å². The lowest BCUT2D eigenvalue weighted by molar-refractivity contribution is 0.999. The molecule has 0 atom stereocenters. The molecule has 0 saturated heterocycles. The number of halogens is 1. The van der Waals surface area contributed by atoms with Crippen LogP contribution in [0.25, 0.3) is 0 Å². The fraction of sp³-hybridized carbons (Fsp3) is 0.375. The first-order valence-electron chi connectivity index (χ1n) is 3.53. The Labute approximate surface area is 70.2 Å². The molecule has 60 valence electrons. The molecular weight excluding hydrogens is 162 g/mol. The Morgan fingerprint density at radius 2 is 2.27 bits per heavy atom. The summed E-state index contributed by atoms with van der Waals surface area (Å²) in [5.41, 5.74) is 1.42. The molecule has 0 aliphatic heterocycles. The second-order valence-corrected chi connectivity index (χ2v) is 2.87. The largest absolute Gasteiger partial charge is 0.325 e. The molecule has 0 radical (unpaired) electrons. The maximum atomic E-state index is 11.0. The van der Waals surface area contributed by atoms with Crippen molar-refractivity contribution in [1.29, 1.82) is 0 Å². The maximum Gasteiger partial charge on any atom is 0.251 e. The van der Waals surface area contributed by atoms with Crippen LogP contribution >= 0.6 is 11.6 Å². The minimum Gasteiger partial charge on any atom is -0.325 e. The van der Waals surface area contributed by atoms with Crippen LogP contribution in [0.2, 0.25) is 5.02 Å². The average molecular weight is 172 g/mol. The quantitative estimate of drug-likeness (QED) is 0.688. The summed E-state index contributed by atoms with van der Waals surface area (Å²) >= 11 is 5.83. The molecule has 0 aliphatic carbocycles. The van der Waals surface area contributed by atoms with Gasteiger partial charge in [0.2, 0.25) is 0 Å². The Balaban J connectivity index is 3.32. The van der Waals surface area contributed by atoms with E-state index < -0.39 is 0 Å². The SMILES string of the molecule is CCc1[nH]c(=O)c(C)cc1Cl. The first-order valence-corrected chi connectivity index (χ1v) is 3.91. The van der Waals surface area contributed by atoms with Crippen LogP contribution in [0.15, 0.2) is 10.9 Å². The van der Waals surface area contributed by atoms with Gasteiger partial charge in [-0.3, -0.25) is 4.79 Å². The summed E-state index contributed by atoms with van der Waals surface area (Å²) in [6, 6.07) is 1.69. The van der Waals surface area contributed by atoms with Crippen molar-refractivity contribution in [3.8, 4) is 0 Å². The van der Waals surface area contributed by atoms with Gasteiger partial charge < -0.3 is 4.98 Å². The zero-order valence-electron chi connectivity index (χ0n) is 6.57. The van der Waals surface area contributed by atoms with Gasteiger partial charge in [-0.2, -0.15) is 0 Å². The maximum absolute atomic E-state index is 11.0. The van der Waals surface area contributed by atoms with Crippen LogP contribution in [0.4, 0.5) is 0 Å². The highest BCUT2D eigenvalue weighted by molar-refractivity contribution is 6.31. The molecule has 0 unspecified atom stereocenters. The predicted octanol–water partition coefficient (Wildman–Crippen LogP) is 1.90. The van der Waals surface area contributed by atoms with E-state index >= 15 is 0 Å². The minimum absolute atomic E-state index is 0.0498. The zero-order chi connectivity index (χ0) is 8.43. The van der Waals surface area contributed by atoms with Crippen LogP contribution in [0.5, 0.6) is 0 Å². The molecule has 1 heterocycles. The van der Waals surface area contributed by atoms with E-state index in [0.717, 1.165) is 12.1 Å². The number of H-pyrrole nitrogens is 1. The molecule has 0 spiro atoms. The number of nitrogens with one attached hydrogen (secondary N) is 1. The van der Waals surface area contributed by atoms with Crippen molar-refractivity contribution in [3.05, 3.63) is 32.7 Å². The molecule has 0 aromatic carbocycles. The van der Waals surface area contributed by atoms with Gasteiger partial charge in [0.05, 0.1) is 5.02 Å². The molecule has 3 heteroatoms. The molecule has 1 rings (SSSR count). The van der Waals surface area contributed by atoms with Crippen molar-refractivity contribution in [3.63, 3.8) is 0 Å². The smallest absolute Gasteiger partial charge is 0.251 e. The van der Waals surface area contributed by atoms with Crippen molar-refractivity contribution in [2.24, 2.45) is 0 Å². The van der Waals surface area contributed by atoms with E-state index in [9.17, 15) is 4.79 Å². The normalized spacial score (nSPS) is 10.1. The summed E-state index contributed by atoms with van der Waals surface area (Å²) in [5.74, 6) is 0. The first kappa shape index (κ1) is 8.34. The van der Waals surface area contributed by atoms with Crippen LogP contribution in [0.3, 0.4) is 0 Å². The summed E-state index contributed by atoms with van der Waals surface area (Å²) in [6.07, 6.45) is 0.758. The lowest BCUT2D eigenvalue weighted by Crippen LogP contribution is -2.11. The van der Waals surface area contributed by atoms with Crippen LogP contribution in [0.1, 0.15) is 18.2 Å². The second-order valence-electron chi connectivity index (χ2n) is 2.46. The second kappa shape index (κ2) is 3.09. The predicted molar refractivity (Wildman–Crippen MR) is 46.2 cm³/mol. The van der Waals surface area contributed by atoms with E-state index in [4.69, 9.17) is 11.6 Å². The highest BCUT2D eigenvalue weighted by Crippen LogP contribution is 2.12. The lowest BCUT2D eigenvalue weighted by atomic mass is 10.2. The molecule has 0 bridgehead atoms.